The van der Waals surface area contributed by atoms with E-state index in [2.05, 4.69) is 23.7 Å². The Labute approximate surface area is 93.7 Å². The van der Waals surface area contributed by atoms with Gasteiger partial charge < -0.3 is 5.32 Å². The van der Waals surface area contributed by atoms with Crippen LogP contribution < -0.4 is 5.32 Å². The highest BCUT2D eigenvalue weighted by molar-refractivity contribution is 4.95. The average Bonchev–Trinajstić information content (AvgIpc) is 2.62. The second-order valence-corrected chi connectivity index (χ2v) is 5.09. The van der Waals surface area contributed by atoms with Crippen LogP contribution in [0, 0.1) is 0 Å². The average molecular weight is 208 g/mol. The van der Waals surface area contributed by atoms with Crippen LogP contribution in [0.25, 0.3) is 0 Å². The molecule has 1 N–H and O–H groups in total. The monoisotopic (exact) mass is 208 g/mol. The van der Waals surface area contributed by atoms with Crippen LogP contribution in [-0.4, -0.2) is 36.1 Å². The number of nitrogens with zero attached hydrogens (tertiary/aromatic N) is 1. The van der Waals surface area contributed by atoms with Crippen molar-refractivity contribution in [2.24, 2.45) is 0 Å². The van der Waals surface area contributed by atoms with E-state index in [0.29, 0.717) is 6.04 Å². The number of hydrogen-bond acceptors (Lipinski definition) is 2. The van der Waals surface area contributed by atoms with Crippen LogP contribution in [0.15, 0.2) is 12.7 Å². The fourth-order valence-electron chi connectivity index (χ4n) is 3.13. The molecule has 2 rings (SSSR count). The van der Waals surface area contributed by atoms with Gasteiger partial charge in [-0.3, -0.25) is 4.90 Å². The molecule has 0 saturated carbocycles. The molecule has 0 amide bonds. The Kier molecular flexibility index (Phi) is 3.81. The normalized spacial score (nSPS) is 33.7. The van der Waals surface area contributed by atoms with Crippen molar-refractivity contribution < 1.29 is 0 Å². The van der Waals surface area contributed by atoms with Crippen molar-refractivity contribution in [1.82, 2.24) is 10.2 Å². The summed E-state index contributed by atoms with van der Waals surface area (Å²) in [7, 11) is 0. The Hall–Kier alpha value is -0.340. The lowest BCUT2D eigenvalue weighted by molar-refractivity contribution is 0.177. The number of nitrogens with one attached hydrogen (secondary N) is 1. The molecule has 0 aliphatic carbocycles. The molecule has 0 aromatic carbocycles. The van der Waals surface area contributed by atoms with Gasteiger partial charge in [-0.2, -0.15) is 0 Å². The van der Waals surface area contributed by atoms with Crippen molar-refractivity contribution in [3.63, 3.8) is 0 Å². The molecule has 86 valence electrons. The Morgan fingerprint density at radius 3 is 3.07 bits per heavy atom. The van der Waals surface area contributed by atoms with E-state index in [9.17, 15) is 0 Å². The van der Waals surface area contributed by atoms with Crippen molar-refractivity contribution >= 4 is 0 Å². The maximum atomic E-state index is 3.81. The number of rotatable bonds is 4. The summed E-state index contributed by atoms with van der Waals surface area (Å²) in [6, 6.07) is 2.15. The van der Waals surface area contributed by atoms with Gasteiger partial charge in [0.25, 0.3) is 0 Å². The molecule has 2 heterocycles. The van der Waals surface area contributed by atoms with Crippen molar-refractivity contribution in [1.29, 1.82) is 0 Å². The fraction of sp³-hybridized carbons (Fsp3) is 0.846. The zero-order valence-electron chi connectivity index (χ0n) is 9.91. The van der Waals surface area contributed by atoms with Crippen molar-refractivity contribution in [2.45, 2.75) is 57.2 Å². The molecule has 2 nitrogen and oxygen atoms in total. The zero-order valence-corrected chi connectivity index (χ0v) is 9.91. The second kappa shape index (κ2) is 5.13. The molecule has 2 aliphatic heterocycles. The van der Waals surface area contributed by atoms with Gasteiger partial charge in [0.1, 0.15) is 0 Å². The molecule has 0 bridgehead atoms. The van der Waals surface area contributed by atoms with Crippen LogP contribution in [0.4, 0.5) is 0 Å². The van der Waals surface area contributed by atoms with E-state index in [4.69, 9.17) is 0 Å². The van der Waals surface area contributed by atoms with Gasteiger partial charge in [0, 0.05) is 24.7 Å². The van der Waals surface area contributed by atoms with Crippen LogP contribution >= 0.6 is 0 Å². The van der Waals surface area contributed by atoms with E-state index in [1.165, 1.54) is 38.8 Å². The van der Waals surface area contributed by atoms with Crippen LogP contribution in [0.2, 0.25) is 0 Å². The molecule has 15 heavy (non-hydrogen) atoms. The van der Waals surface area contributed by atoms with E-state index in [-0.39, 0.29) is 0 Å². The van der Waals surface area contributed by atoms with Crippen LogP contribution in [-0.2, 0) is 0 Å². The summed E-state index contributed by atoms with van der Waals surface area (Å²) in [5.74, 6) is 0. The van der Waals surface area contributed by atoms with E-state index in [0.717, 1.165) is 18.5 Å². The summed E-state index contributed by atoms with van der Waals surface area (Å²) in [6.07, 6.45) is 8.68. The SMILES string of the molecule is C=CCC(C)NC1CCN2CCCCC12. The first-order valence-electron chi connectivity index (χ1n) is 6.42. The highest BCUT2D eigenvalue weighted by Gasteiger charge is 2.35. The Morgan fingerprint density at radius 1 is 1.40 bits per heavy atom. The summed E-state index contributed by atoms with van der Waals surface area (Å²) < 4.78 is 0. The van der Waals surface area contributed by atoms with Gasteiger partial charge in [-0.1, -0.05) is 12.5 Å². The van der Waals surface area contributed by atoms with Crippen molar-refractivity contribution in [3.05, 3.63) is 12.7 Å². The van der Waals surface area contributed by atoms with Gasteiger partial charge >= 0.3 is 0 Å². The van der Waals surface area contributed by atoms with Crippen LogP contribution in [0.3, 0.4) is 0 Å². The second-order valence-electron chi connectivity index (χ2n) is 5.09. The highest BCUT2D eigenvalue weighted by atomic mass is 15.2. The summed E-state index contributed by atoms with van der Waals surface area (Å²) >= 11 is 0. The summed E-state index contributed by atoms with van der Waals surface area (Å²) in [4.78, 5) is 2.68. The van der Waals surface area contributed by atoms with Crippen molar-refractivity contribution in [3.8, 4) is 0 Å². The van der Waals surface area contributed by atoms with Gasteiger partial charge in [-0.15, -0.1) is 6.58 Å². The lowest BCUT2D eigenvalue weighted by Gasteiger charge is -2.33. The lowest BCUT2D eigenvalue weighted by atomic mass is 9.98. The Bertz CT molecular complexity index is 215. The standard InChI is InChI=1S/C13H24N2/c1-3-6-11(2)14-12-8-10-15-9-5-4-7-13(12)15/h3,11-14H,1,4-10H2,2H3. The molecule has 0 aromatic heterocycles. The van der Waals surface area contributed by atoms with Gasteiger partial charge in [0.2, 0.25) is 0 Å². The Balaban J connectivity index is 1.84. The quantitative estimate of drug-likeness (QED) is 0.712. The van der Waals surface area contributed by atoms with Gasteiger partial charge in [0.15, 0.2) is 0 Å². The first-order valence-corrected chi connectivity index (χ1v) is 6.42. The molecule has 3 atom stereocenters. The molecule has 2 aliphatic rings. The van der Waals surface area contributed by atoms with Crippen LogP contribution in [0.1, 0.15) is 39.0 Å². The molecule has 0 spiro atoms. The minimum Gasteiger partial charge on any atom is -0.310 e. The predicted octanol–water partition coefficient (Wildman–Crippen LogP) is 2.17. The van der Waals surface area contributed by atoms with Gasteiger partial charge in [-0.25, -0.2) is 0 Å². The predicted molar refractivity (Wildman–Crippen MR) is 65.0 cm³/mol. The minimum absolute atomic E-state index is 0.592. The minimum atomic E-state index is 0.592. The van der Waals surface area contributed by atoms with Crippen LogP contribution in [0.5, 0.6) is 0 Å². The summed E-state index contributed by atoms with van der Waals surface area (Å²) in [5, 5.41) is 3.77. The van der Waals surface area contributed by atoms with Gasteiger partial charge in [-0.05, 0) is 39.2 Å². The molecule has 2 heteroatoms. The van der Waals surface area contributed by atoms with Crippen molar-refractivity contribution in [2.75, 3.05) is 13.1 Å². The number of fused-ring (bicyclic) bond motifs is 1. The first-order chi connectivity index (χ1) is 7.31. The first kappa shape index (κ1) is 11.2. The summed E-state index contributed by atoms with van der Waals surface area (Å²) in [6.45, 7) is 8.72. The molecular formula is C13H24N2. The molecular weight excluding hydrogens is 184 g/mol. The largest absolute Gasteiger partial charge is 0.310 e. The number of piperidine rings is 1. The maximum Gasteiger partial charge on any atom is 0.0249 e. The fourth-order valence-corrected chi connectivity index (χ4v) is 3.13. The topological polar surface area (TPSA) is 15.3 Å². The molecule has 3 unspecified atom stereocenters. The highest BCUT2D eigenvalue weighted by Crippen LogP contribution is 2.27. The van der Waals surface area contributed by atoms with E-state index >= 15 is 0 Å². The van der Waals surface area contributed by atoms with E-state index in [1.54, 1.807) is 0 Å². The smallest absolute Gasteiger partial charge is 0.0249 e. The molecule has 0 aromatic rings. The summed E-state index contributed by atoms with van der Waals surface area (Å²) in [5.41, 5.74) is 0. The zero-order chi connectivity index (χ0) is 10.7. The molecule has 0 radical (unpaired) electrons. The van der Waals surface area contributed by atoms with Gasteiger partial charge in [0.05, 0.1) is 0 Å². The van der Waals surface area contributed by atoms with E-state index < -0.39 is 0 Å². The van der Waals surface area contributed by atoms with E-state index in [1.807, 2.05) is 6.08 Å². The third kappa shape index (κ3) is 2.61. The third-order valence-electron chi connectivity index (χ3n) is 3.87. The number of hydrogen-bond donors (Lipinski definition) is 1. The molecule has 2 fully saturated rings. The molecule has 2 saturated heterocycles. The third-order valence-corrected chi connectivity index (χ3v) is 3.87. The Morgan fingerprint density at radius 2 is 2.27 bits per heavy atom. The lowest BCUT2D eigenvalue weighted by Crippen LogP contribution is -2.47. The maximum absolute atomic E-state index is 3.81.